The van der Waals surface area contributed by atoms with Gasteiger partial charge in [-0.25, -0.2) is 4.39 Å². The molecule has 1 heterocycles. The number of amides is 1. The highest BCUT2D eigenvalue weighted by Crippen LogP contribution is 2.14. The van der Waals surface area contributed by atoms with Crippen LogP contribution in [0.2, 0.25) is 0 Å². The van der Waals surface area contributed by atoms with Crippen molar-refractivity contribution >= 4 is 5.91 Å². The van der Waals surface area contributed by atoms with Crippen molar-refractivity contribution < 1.29 is 18.3 Å². The summed E-state index contributed by atoms with van der Waals surface area (Å²) in [5.74, 6) is 0.0883. The lowest BCUT2D eigenvalue weighted by atomic mass is 10.2. The van der Waals surface area contributed by atoms with E-state index in [-0.39, 0.29) is 24.3 Å². The van der Waals surface area contributed by atoms with E-state index in [0.717, 1.165) is 5.76 Å². The normalized spacial score (nSPS) is 11.9. The molecule has 2 aromatic rings. The van der Waals surface area contributed by atoms with E-state index >= 15 is 0 Å². The quantitative estimate of drug-likeness (QED) is 0.882. The van der Waals surface area contributed by atoms with E-state index in [4.69, 9.17) is 9.15 Å². The molecule has 0 saturated carbocycles. The largest absolute Gasteiger partial charge is 0.481 e. The van der Waals surface area contributed by atoms with E-state index in [1.807, 2.05) is 13.0 Å². The fourth-order valence-corrected chi connectivity index (χ4v) is 1.80. The third-order valence-electron chi connectivity index (χ3n) is 2.69. The summed E-state index contributed by atoms with van der Waals surface area (Å²) in [6.45, 7) is 1.65. The second kappa shape index (κ2) is 6.75. The molecular weight excluding hydrogens is 261 g/mol. The highest BCUT2D eigenvalue weighted by molar-refractivity contribution is 5.77. The molecule has 1 amide bonds. The number of para-hydroxylation sites is 1. The van der Waals surface area contributed by atoms with Crippen LogP contribution in [-0.2, 0) is 11.2 Å². The van der Waals surface area contributed by atoms with Gasteiger partial charge < -0.3 is 14.5 Å². The Hall–Kier alpha value is -2.30. The maximum absolute atomic E-state index is 13.3. The fourth-order valence-electron chi connectivity index (χ4n) is 1.80. The maximum Gasteiger partial charge on any atom is 0.258 e. The number of hydrogen-bond donors (Lipinski definition) is 1. The van der Waals surface area contributed by atoms with Crippen molar-refractivity contribution in [1.82, 2.24) is 5.32 Å². The molecule has 0 aliphatic rings. The van der Waals surface area contributed by atoms with E-state index in [2.05, 4.69) is 5.32 Å². The number of hydrogen-bond acceptors (Lipinski definition) is 3. The van der Waals surface area contributed by atoms with Gasteiger partial charge in [-0.3, -0.25) is 4.79 Å². The number of carbonyl (C=O) groups excluding carboxylic acids is 1. The van der Waals surface area contributed by atoms with Crippen LogP contribution in [0.3, 0.4) is 0 Å². The van der Waals surface area contributed by atoms with Gasteiger partial charge in [-0.15, -0.1) is 0 Å². The Bertz CT molecular complexity index is 554. The molecule has 0 spiro atoms. The summed E-state index contributed by atoms with van der Waals surface area (Å²) in [7, 11) is 0. The molecule has 106 valence electrons. The minimum atomic E-state index is -0.482. The molecular formula is C15H16FNO3. The Morgan fingerprint density at radius 1 is 1.35 bits per heavy atom. The van der Waals surface area contributed by atoms with Crippen molar-refractivity contribution in [2.75, 3.05) is 6.61 Å². The Kier molecular flexibility index (Phi) is 4.76. The number of ether oxygens (including phenoxy) is 1. The second-order valence-electron chi connectivity index (χ2n) is 4.47. The van der Waals surface area contributed by atoms with Crippen LogP contribution in [-0.4, -0.2) is 18.6 Å². The maximum atomic E-state index is 13.3. The van der Waals surface area contributed by atoms with E-state index in [0.29, 0.717) is 6.42 Å². The molecule has 1 aromatic carbocycles. The SMILES string of the molecule is C[C@H](Cc1ccco1)NC(=O)COc1ccccc1F. The molecule has 1 aromatic heterocycles. The summed E-state index contributed by atoms with van der Waals surface area (Å²) in [4.78, 5) is 11.7. The first-order valence-electron chi connectivity index (χ1n) is 6.34. The van der Waals surface area contributed by atoms with Crippen LogP contribution in [0, 0.1) is 5.82 Å². The minimum Gasteiger partial charge on any atom is -0.481 e. The van der Waals surface area contributed by atoms with E-state index < -0.39 is 5.82 Å². The zero-order valence-electron chi connectivity index (χ0n) is 11.1. The van der Waals surface area contributed by atoms with Gasteiger partial charge in [0.2, 0.25) is 0 Å². The van der Waals surface area contributed by atoms with Crippen molar-refractivity contribution in [3.63, 3.8) is 0 Å². The van der Waals surface area contributed by atoms with Crippen molar-refractivity contribution in [2.24, 2.45) is 0 Å². The minimum absolute atomic E-state index is 0.0707. The van der Waals surface area contributed by atoms with Crippen molar-refractivity contribution in [3.05, 3.63) is 54.2 Å². The molecule has 4 nitrogen and oxygen atoms in total. The molecule has 1 N–H and O–H groups in total. The van der Waals surface area contributed by atoms with E-state index in [9.17, 15) is 9.18 Å². The standard InChI is InChI=1S/C15H16FNO3/c1-11(9-12-5-4-8-19-12)17-15(18)10-20-14-7-3-2-6-13(14)16/h2-8,11H,9-10H2,1H3,(H,17,18)/t11-/m1/s1. The second-order valence-corrected chi connectivity index (χ2v) is 4.47. The van der Waals surface area contributed by atoms with Gasteiger partial charge in [0.1, 0.15) is 5.76 Å². The first kappa shape index (κ1) is 14.1. The highest BCUT2D eigenvalue weighted by Gasteiger charge is 2.11. The van der Waals surface area contributed by atoms with Gasteiger partial charge in [0.05, 0.1) is 6.26 Å². The van der Waals surface area contributed by atoms with Crippen LogP contribution in [0.5, 0.6) is 5.75 Å². The Balaban J connectivity index is 1.76. The molecule has 2 rings (SSSR count). The molecule has 0 radical (unpaired) electrons. The fraction of sp³-hybridized carbons (Fsp3) is 0.267. The number of benzene rings is 1. The summed E-state index contributed by atoms with van der Waals surface area (Å²) in [6, 6.07) is 9.53. The Labute approximate surface area is 116 Å². The van der Waals surface area contributed by atoms with E-state index in [1.54, 1.807) is 24.5 Å². The van der Waals surface area contributed by atoms with Gasteiger partial charge >= 0.3 is 0 Å². The van der Waals surface area contributed by atoms with Crippen LogP contribution in [0.15, 0.2) is 47.1 Å². The molecule has 20 heavy (non-hydrogen) atoms. The lowest BCUT2D eigenvalue weighted by Gasteiger charge is -2.13. The topological polar surface area (TPSA) is 51.5 Å². The highest BCUT2D eigenvalue weighted by atomic mass is 19.1. The monoisotopic (exact) mass is 277 g/mol. The van der Waals surface area contributed by atoms with E-state index in [1.165, 1.54) is 12.1 Å². The summed E-state index contributed by atoms with van der Waals surface area (Å²) in [6.07, 6.45) is 2.18. The van der Waals surface area contributed by atoms with Gasteiger partial charge in [0, 0.05) is 12.5 Å². The first-order chi connectivity index (χ1) is 9.65. The molecule has 0 unspecified atom stereocenters. The Morgan fingerprint density at radius 3 is 2.85 bits per heavy atom. The van der Waals surface area contributed by atoms with Crippen molar-refractivity contribution in [2.45, 2.75) is 19.4 Å². The number of rotatable bonds is 6. The summed E-state index contributed by atoms with van der Waals surface area (Å²) in [5, 5.41) is 2.76. The van der Waals surface area contributed by atoms with Gasteiger partial charge in [0.25, 0.3) is 5.91 Å². The third-order valence-corrected chi connectivity index (χ3v) is 2.69. The smallest absolute Gasteiger partial charge is 0.258 e. The molecule has 5 heteroatoms. The van der Waals surface area contributed by atoms with Crippen LogP contribution in [0.1, 0.15) is 12.7 Å². The number of carbonyl (C=O) groups is 1. The molecule has 0 bridgehead atoms. The van der Waals surface area contributed by atoms with Crippen LogP contribution >= 0.6 is 0 Å². The molecule has 0 fully saturated rings. The summed E-state index contributed by atoms with van der Waals surface area (Å²) >= 11 is 0. The van der Waals surface area contributed by atoms with Gasteiger partial charge in [-0.05, 0) is 31.2 Å². The average Bonchev–Trinajstić information content (AvgIpc) is 2.90. The number of nitrogens with one attached hydrogen (secondary N) is 1. The van der Waals surface area contributed by atoms with Crippen LogP contribution in [0.25, 0.3) is 0 Å². The molecule has 1 atom stereocenters. The van der Waals surface area contributed by atoms with Gasteiger partial charge in [-0.1, -0.05) is 12.1 Å². The van der Waals surface area contributed by atoms with Crippen LogP contribution in [0.4, 0.5) is 4.39 Å². The van der Waals surface area contributed by atoms with Crippen LogP contribution < -0.4 is 10.1 Å². The zero-order chi connectivity index (χ0) is 14.4. The van der Waals surface area contributed by atoms with Crippen molar-refractivity contribution in [1.29, 1.82) is 0 Å². The molecule has 0 aliphatic carbocycles. The lowest BCUT2D eigenvalue weighted by Crippen LogP contribution is -2.37. The molecule has 0 saturated heterocycles. The number of halogens is 1. The summed E-state index contributed by atoms with van der Waals surface area (Å²) in [5.41, 5.74) is 0. The van der Waals surface area contributed by atoms with Crippen molar-refractivity contribution in [3.8, 4) is 5.75 Å². The third kappa shape index (κ3) is 4.12. The number of furan rings is 1. The Morgan fingerprint density at radius 2 is 2.15 bits per heavy atom. The lowest BCUT2D eigenvalue weighted by molar-refractivity contribution is -0.123. The predicted molar refractivity (Wildman–Crippen MR) is 71.9 cm³/mol. The van der Waals surface area contributed by atoms with Gasteiger partial charge in [-0.2, -0.15) is 0 Å². The average molecular weight is 277 g/mol. The first-order valence-corrected chi connectivity index (χ1v) is 6.34. The molecule has 0 aliphatic heterocycles. The predicted octanol–water partition coefficient (Wildman–Crippen LogP) is 2.54. The van der Waals surface area contributed by atoms with Gasteiger partial charge in [0.15, 0.2) is 18.2 Å². The summed E-state index contributed by atoms with van der Waals surface area (Å²) < 4.78 is 23.6. The zero-order valence-corrected chi connectivity index (χ0v) is 11.1.